The zero-order chi connectivity index (χ0) is 17.8. The summed E-state index contributed by atoms with van der Waals surface area (Å²) in [6, 6.07) is 22.0. The van der Waals surface area contributed by atoms with Gasteiger partial charge in [-0.2, -0.15) is 0 Å². The zero-order valence-electron chi connectivity index (χ0n) is 13.7. The van der Waals surface area contributed by atoms with Crippen molar-refractivity contribution in [1.29, 1.82) is 0 Å². The monoisotopic (exact) mass is 338 g/mol. The smallest absolute Gasteiger partial charge is 0.197 e. The second-order valence-corrected chi connectivity index (χ2v) is 6.50. The largest absolute Gasteiger partial charge is 0.508 e. The fourth-order valence-corrected chi connectivity index (χ4v) is 3.78. The van der Waals surface area contributed by atoms with E-state index < -0.39 is 0 Å². The van der Waals surface area contributed by atoms with Gasteiger partial charge in [0.15, 0.2) is 5.78 Å². The summed E-state index contributed by atoms with van der Waals surface area (Å²) in [7, 11) is 0. The molecule has 3 nitrogen and oxygen atoms in total. The summed E-state index contributed by atoms with van der Waals surface area (Å²) in [5, 5.41) is 26.1. The molecule has 124 valence electrons. The molecule has 5 aromatic rings. The maximum absolute atomic E-state index is 13.1. The zero-order valence-corrected chi connectivity index (χ0v) is 13.7. The Bertz CT molecular complexity index is 1300. The predicted molar refractivity (Wildman–Crippen MR) is 103 cm³/mol. The minimum Gasteiger partial charge on any atom is -0.508 e. The van der Waals surface area contributed by atoms with Crippen molar-refractivity contribution in [1.82, 2.24) is 0 Å². The van der Waals surface area contributed by atoms with E-state index in [1.165, 1.54) is 18.2 Å². The molecule has 5 rings (SSSR count). The van der Waals surface area contributed by atoms with Crippen LogP contribution in [0.25, 0.3) is 32.3 Å². The summed E-state index contributed by atoms with van der Waals surface area (Å²) < 4.78 is 0. The van der Waals surface area contributed by atoms with Gasteiger partial charge in [0.2, 0.25) is 0 Å². The molecule has 2 N–H and O–H groups in total. The Morgan fingerprint density at radius 1 is 0.654 bits per heavy atom. The molecule has 0 aliphatic carbocycles. The third-order valence-corrected chi connectivity index (χ3v) is 5.00. The number of ketones is 1. The van der Waals surface area contributed by atoms with E-state index in [-0.39, 0.29) is 22.8 Å². The van der Waals surface area contributed by atoms with Crippen molar-refractivity contribution < 1.29 is 15.0 Å². The van der Waals surface area contributed by atoms with Gasteiger partial charge in [-0.3, -0.25) is 4.79 Å². The first kappa shape index (κ1) is 14.7. The van der Waals surface area contributed by atoms with Crippen molar-refractivity contribution in [2.45, 2.75) is 0 Å². The molecule has 0 spiro atoms. The molecule has 0 aliphatic rings. The third kappa shape index (κ3) is 1.97. The predicted octanol–water partition coefficient (Wildman–Crippen LogP) is 5.23. The van der Waals surface area contributed by atoms with Gasteiger partial charge >= 0.3 is 0 Å². The van der Waals surface area contributed by atoms with E-state index in [4.69, 9.17) is 0 Å². The molecule has 0 saturated carbocycles. The Labute approximate surface area is 149 Å². The molecule has 5 aromatic carbocycles. The van der Waals surface area contributed by atoms with Crippen molar-refractivity contribution in [3.05, 3.63) is 83.9 Å². The van der Waals surface area contributed by atoms with E-state index in [1.54, 1.807) is 6.07 Å². The van der Waals surface area contributed by atoms with Crippen molar-refractivity contribution in [2.75, 3.05) is 0 Å². The van der Waals surface area contributed by atoms with Crippen LogP contribution in [0.2, 0.25) is 0 Å². The van der Waals surface area contributed by atoms with Gasteiger partial charge in [0.25, 0.3) is 0 Å². The quantitative estimate of drug-likeness (QED) is 0.263. The van der Waals surface area contributed by atoms with E-state index in [9.17, 15) is 15.0 Å². The van der Waals surface area contributed by atoms with Crippen LogP contribution >= 0.6 is 0 Å². The first-order valence-corrected chi connectivity index (χ1v) is 8.37. The number of hydrogen-bond acceptors (Lipinski definition) is 3. The van der Waals surface area contributed by atoms with Gasteiger partial charge in [0, 0.05) is 5.56 Å². The Balaban J connectivity index is 1.86. The van der Waals surface area contributed by atoms with Gasteiger partial charge in [-0.25, -0.2) is 0 Å². The van der Waals surface area contributed by atoms with Crippen molar-refractivity contribution in [2.24, 2.45) is 0 Å². The standard InChI is InChI=1S/C23H14O3/c24-16-8-11-20(25)19(12-16)23(26)18-10-7-15-5-4-13-2-1-3-14-6-9-17(18)22(15)21(13)14/h1-12,24-25H. The summed E-state index contributed by atoms with van der Waals surface area (Å²) in [4.78, 5) is 13.1. The number of carbonyl (C=O) groups excluding carboxylic acids is 1. The fourth-order valence-electron chi connectivity index (χ4n) is 3.78. The molecule has 0 heterocycles. The SMILES string of the molecule is O=C(c1cc(O)ccc1O)c1ccc2ccc3cccc4ccc1c2c34. The molecule has 3 heteroatoms. The molecule has 0 radical (unpaired) electrons. The van der Waals surface area contributed by atoms with Crippen LogP contribution in [0.5, 0.6) is 11.5 Å². The number of rotatable bonds is 2. The highest BCUT2D eigenvalue weighted by atomic mass is 16.3. The maximum Gasteiger partial charge on any atom is 0.197 e. The highest BCUT2D eigenvalue weighted by Crippen LogP contribution is 2.37. The average Bonchev–Trinajstić information content (AvgIpc) is 2.67. The molecule has 0 amide bonds. The van der Waals surface area contributed by atoms with E-state index in [0.29, 0.717) is 5.56 Å². The molecular formula is C23H14O3. The summed E-state index contributed by atoms with van der Waals surface area (Å²) >= 11 is 0. The van der Waals surface area contributed by atoms with E-state index >= 15 is 0 Å². The van der Waals surface area contributed by atoms with Crippen molar-refractivity contribution in [3.63, 3.8) is 0 Å². The van der Waals surface area contributed by atoms with Crippen LogP contribution in [0, 0.1) is 0 Å². The van der Waals surface area contributed by atoms with Gasteiger partial charge in [0.05, 0.1) is 5.56 Å². The lowest BCUT2D eigenvalue weighted by molar-refractivity contribution is 0.103. The Morgan fingerprint density at radius 2 is 1.31 bits per heavy atom. The molecule has 0 fully saturated rings. The molecule has 0 saturated heterocycles. The van der Waals surface area contributed by atoms with Gasteiger partial charge in [-0.15, -0.1) is 0 Å². The summed E-state index contributed by atoms with van der Waals surface area (Å²) in [5.41, 5.74) is 0.608. The van der Waals surface area contributed by atoms with Crippen LogP contribution in [-0.4, -0.2) is 16.0 Å². The highest BCUT2D eigenvalue weighted by molar-refractivity contribution is 6.28. The van der Waals surface area contributed by atoms with Crippen LogP contribution in [-0.2, 0) is 0 Å². The minimum absolute atomic E-state index is 0.0520. The Kier molecular flexibility index (Phi) is 2.95. The van der Waals surface area contributed by atoms with Gasteiger partial charge in [-0.05, 0) is 56.6 Å². The van der Waals surface area contributed by atoms with Crippen molar-refractivity contribution >= 4 is 38.1 Å². The number of aromatic hydroxyl groups is 2. The third-order valence-electron chi connectivity index (χ3n) is 5.00. The molecule has 0 atom stereocenters. The maximum atomic E-state index is 13.1. The van der Waals surface area contributed by atoms with Gasteiger partial charge in [0.1, 0.15) is 11.5 Å². The number of phenolic OH excluding ortho intramolecular Hbond substituents is 2. The first-order valence-electron chi connectivity index (χ1n) is 8.37. The van der Waals surface area contributed by atoms with E-state index in [2.05, 4.69) is 24.3 Å². The summed E-state index contributed by atoms with van der Waals surface area (Å²) in [6.45, 7) is 0. The van der Waals surface area contributed by atoms with Crippen LogP contribution in [0.3, 0.4) is 0 Å². The van der Waals surface area contributed by atoms with Crippen LogP contribution in [0.15, 0.2) is 72.8 Å². The topological polar surface area (TPSA) is 57.5 Å². The molecule has 0 unspecified atom stereocenters. The lowest BCUT2D eigenvalue weighted by atomic mass is 9.89. The minimum atomic E-state index is -0.309. The van der Waals surface area contributed by atoms with Crippen LogP contribution < -0.4 is 0 Å². The lowest BCUT2D eigenvalue weighted by Crippen LogP contribution is -2.03. The van der Waals surface area contributed by atoms with Crippen LogP contribution in [0.4, 0.5) is 0 Å². The van der Waals surface area contributed by atoms with Crippen molar-refractivity contribution in [3.8, 4) is 11.5 Å². The first-order chi connectivity index (χ1) is 12.6. The van der Waals surface area contributed by atoms with Gasteiger partial charge < -0.3 is 10.2 Å². The molecule has 0 aromatic heterocycles. The highest BCUT2D eigenvalue weighted by Gasteiger charge is 2.19. The fraction of sp³-hybridized carbons (Fsp3) is 0. The molecule has 0 aliphatic heterocycles. The van der Waals surface area contributed by atoms with E-state index in [0.717, 1.165) is 32.3 Å². The second-order valence-electron chi connectivity index (χ2n) is 6.50. The summed E-state index contributed by atoms with van der Waals surface area (Å²) in [6.07, 6.45) is 0. The van der Waals surface area contributed by atoms with Crippen LogP contribution in [0.1, 0.15) is 15.9 Å². The number of carbonyl (C=O) groups is 1. The average molecular weight is 338 g/mol. The number of phenols is 2. The number of benzene rings is 5. The summed E-state index contributed by atoms with van der Waals surface area (Å²) in [5.74, 6) is -0.501. The molecule has 26 heavy (non-hydrogen) atoms. The van der Waals surface area contributed by atoms with Gasteiger partial charge in [-0.1, -0.05) is 48.5 Å². The lowest BCUT2D eigenvalue weighted by Gasteiger charge is -2.14. The Morgan fingerprint density at radius 3 is 2.08 bits per heavy atom. The van der Waals surface area contributed by atoms with E-state index in [1.807, 2.05) is 24.3 Å². The second kappa shape index (κ2) is 5.20. The molecular weight excluding hydrogens is 324 g/mol. The normalized spacial score (nSPS) is 11.5. The Hall–Kier alpha value is -3.59. The molecule has 0 bridgehead atoms. The number of hydrogen-bond donors (Lipinski definition) is 2.